The van der Waals surface area contributed by atoms with Gasteiger partial charge in [0.2, 0.25) is 0 Å². The maximum atomic E-state index is 12.9. The van der Waals surface area contributed by atoms with Gasteiger partial charge < -0.3 is 5.32 Å². The second kappa shape index (κ2) is 13.1. The standard InChI is InChI=1S/C32H32N2O/c35-32(30-20-11-4-12-21-30)33-31(24-27-14-5-1-6-15-27)22-13-23-34(25-28-16-7-2-8-17-28)26-29-18-9-3-10-19-29/h1-22,31H,23-26H2,(H,33,35)/b22-13+/t31-/m1/s1. The van der Waals surface area contributed by atoms with Gasteiger partial charge in [0.05, 0.1) is 6.04 Å². The molecule has 0 unspecified atom stereocenters. The van der Waals surface area contributed by atoms with Gasteiger partial charge in [-0.3, -0.25) is 9.69 Å². The first kappa shape index (κ1) is 24.2. The van der Waals surface area contributed by atoms with Crippen LogP contribution in [0.2, 0.25) is 0 Å². The molecule has 0 fully saturated rings. The van der Waals surface area contributed by atoms with Crippen LogP contribution in [0.15, 0.2) is 133 Å². The van der Waals surface area contributed by atoms with E-state index in [2.05, 4.69) is 95.2 Å². The summed E-state index contributed by atoms with van der Waals surface area (Å²) >= 11 is 0. The molecule has 4 aromatic carbocycles. The van der Waals surface area contributed by atoms with Crippen LogP contribution in [0.4, 0.5) is 0 Å². The quantitative estimate of drug-likeness (QED) is 0.267. The summed E-state index contributed by atoms with van der Waals surface area (Å²) in [5, 5.41) is 3.21. The fourth-order valence-electron chi connectivity index (χ4n) is 4.12. The van der Waals surface area contributed by atoms with Gasteiger partial charge in [-0.05, 0) is 35.2 Å². The third-order valence-corrected chi connectivity index (χ3v) is 5.88. The van der Waals surface area contributed by atoms with Gasteiger partial charge in [-0.2, -0.15) is 0 Å². The molecular weight excluding hydrogens is 428 g/mol. The van der Waals surface area contributed by atoms with Gasteiger partial charge >= 0.3 is 0 Å². The molecule has 0 radical (unpaired) electrons. The summed E-state index contributed by atoms with van der Waals surface area (Å²) in [7, 11) is 0. The van der Waals surface area contributed by atoms with Crippen molar-refractivity contribution in [2.45, 2.75) is 25.6 Å². The molecule has 0 saturated carbocycles. The van der Waals surface area contributed by atoms with Crippen LogP contribution in [0.3, 0.4) is 0 Å². The predicted molar refractivity (Wildman–Crippen MR) is 144 cm³/mol. The fraction of sp³-hybridized carbons (Fsp3) is 0.156. The van der Waals surface area contributed by atoms with Crippen molar-refractivity contribution in [3.8, 4) is 0 Å². The monoisotopic (exact) mass is 460 g/mol. The third kappa shape index (κ3) is 8.09. The lowest BCUT2D eigenvalue weighted by molar-refractivity contribution is 0.0944. The first-order valence-electron chi connectivity index (χ1n) is 12.1. The Bertz CT molecular complexity index is 1130. The first-order valence-corrected chi connectivity index (χ1v) is 12.1. The van der Waals surface area contributed by atoms with Gasteiger partial charge in [0.15, 0.2) is 0 Å². The lowest BCUT2D eigenvalue weighted by atomic mass is 10.0. The van der Waals surface area contributed by atoms with E-state index in [1.807, 2.05) is 48.5 Å². The van der Waals surface area contributed by atoms with Crippen molar-refractivity contribution in [2.24, 2.45) is 0 Å². The van der Waals surface area contributed by atoms with Gasteiger partial charge in [-0.15, -0.1) is 0 Å². The number of hydrogen-bond acceptors (Lipinski definition) is 2. The van der Waals surface area contributed by atoms with Crippen molar-refractivity contribution in [3.63, 3.8) is 0 Å². The zero-order valence-electron chi connectivity index (χ0n) is 20.0. The Balaban J connectivity index is 1.47. The van der Waals surface area contributed by atoms with E-state index < -0.39 is 0 Å². The van der Waals surface area contributed by atoms with E-state index in [1.165, 1.54) is 16.7 Å². The van der Waals surface area contributed by atoms with Gasteiger partial charge in [0, 0.05) is 25.2 Å². The highest BCUT2D eigenvalue weighted by Crippen LogP contribution is 2.11. The Labute approximate surface area is 208 Å². The molecule has 1 amide bonds. The Morgan fingerprint density at radius 3 is 1.63 bits per heavy atom. The van der Waals surface area contributed by atoms with E-state index >= 15 is 0 Å². The highest BCUT2D eigenvalue weighted by Gasteiger charge is 2.12. The van der Waals surface area contributed by atoms with E-state index in [1.54, 1.807) is 0 Å². The first-order chi connectivity index (χ1) is 17.3. The van der Waals surface area contributed by atoms with Crippen molar-refractivity contribution in [3.05, 3.63) is 156 Å². The second-order valence-corrected chi connectivity index (χ2v) is 8.70. The molecule has 35 heavy (non-hydrogen) atoms. The molecule has 0 bridgehead atoms. The summed E-state index contributed by atoms with van der Waals surface area (Å²) < 4.78 is 0. The number of amides is 1. The Hall–Kier alpha value is -3.95. The summed E-state index contributed by atoms with van der Waals surface area (Å²) in [6, 6.07) is 40.7. The molecule has 176 valence electrons. The molecule has 0 saturated heterocycles. The second-order valence-electron chi connectivity index (χ2n) is 8.70. The van der Waals surface area contributed by atoms with E-state index in [0.29, 0.717) is 5.56 Å². The molecule has 3 nitrogen and oxygen atoms in total. The van der Waals surface area contributed by atoms with Crippen LogP contribution in [0.5, 0.6) is 0 Å². The number of carbonyl (C=O) groups excluding carboxylic acids is 1. The van der Waals surface area contributed by atoms with Crippen LogP contribution in [-0.4, -0.2) is 23.4 Å². The third-order valence-electron chi connectivity index (χ3n) is 5.88. The fourth-order valence-corrected chi connectivity index (χ4v) is 4.12. The van der Waals surface area contributed by atoms with E-state index in [9.17, 15) is 4.79 Å². The summed E-state index contributed by atoms with van der Waals surface area (Å²) in [6.07, 6.45) is 5.06. The van der Waals surface area contributed by atoms with Crippen molar-refractivity contribution >= 4 is 5.91 Å². The van der Waals surface area contributed by atoms with Gasteiger partial charge in [0.1, 0.15) is 0 Å². The zero-order valence-corrected chi connectivity index (χ0v) is 20.0. The molecule has 0 aliphatic carbocycles. The summed E-state index contributed by atoms with van der Waals surface area (Å²) in [5.74, 6) is -0.0541. The minimum absolute atomic E-state index is 0.0541. The molecule has 0 heterocycles. The largest absolute Gasteiger partial charge is 0.346 e. The van der Waals surface area contributed by atoms with Crippen molar-refractivity contribution in [1.82, 2.24) is 10.2 Å². The zero-order chi connectivity index (χ0) is 24.1. The number of carbonyl (C=O) groups is 1. The van der Waals surface area contributed by atoms with Crippen molar-refractivity contribution in [1.29, 1.82) is 0 Å². The highest BCUT2D eigenvalue weighted by molar-refractivity contribution is 5.94. The minimum Gasteiger partial charge on any atom is -0.346 e. The molecule has 0 aliphatic rings. The molecule has 0 aromatic heterocycles. The molecule has 1 N–H and O–H groups in total. The molecular formula is C32H32N2O. The number of rotatable bonds is 11. The number of nitrogens with one attached hydrogen (secondary N) is 1. The van der Waals surface area contributed by atoms with Crippen molar-refractivity contribution < 1.29 is 4.79 Å². The van der Waals surface area contributed by atoms with Crippen molar-refractivity contribution in [2.75, 3.05) is 6.54 Å². The molecule has 4 rings (SSSR count). The van der Waals surface area contributed by atoms with Crippen LogP contribution in [-0.2, 0) is 19.5 Å². The van der Waals surface area contributed by atoms with Gasteiger partial charge in [-0.25, -0.2) is 0 Å². The Morgan fingerprint density at radius 2 is 1.11 bits per heavy atom. The minimum atomic E-state index is -0.0968. The molecule has 3 heteroatoms. The van der Waals surface area contributed by atoms with E-state index in [0.717, 1.165) is 26.1 Å². The Morgan fingerprint density at radius 1 is 0.657 bits per heavy atom. The lowest BCUT2D eigenvalue weighted by Gasteiger charge is -2.22. The SMILES string of the molecule is O=C(N[C@H](/C=C/CN(Cc1ccccc1)Cc1ccccc1)Cc1ccccc1)c1ccccc1. The molecule has 1 atom stereocenters. The topological polar surface area (TPSA) is 32.3 Å². The van der Waals surface area contributed by atoms with E-state index in [-0.39, 0.29) is 11.9 Å². The highest BCUT2D eigenvalue weighted by atomic mass is 16.1. The van der Waals surface area contributed by atoms with Crippen LogP contribution in [0.25, 0.3) is 0 Å². The van der Waals surface area contributed by atoms with E-state index in [4.69, 9.17) is 0 Å². The lowest BCUT2D eigenvalue weighted by Crippen LogP contribution is -2.35. The summed E-state index contributed by atoms with van der Waals surface area (Å²) in [4.78, 5) is 15.3. The molecule has 0 spiro atoms. The number of benzene rings is 4. The van der Waals surface area contributed by atoms with Gasteiger partial charge in [0.25, 0.3) is 5.91 Å². The summed E-state index contributed by atoms with van der Waals surface area (Å²) in [6.45, 7) is 2.51. The van der Waals surface area contributed by atoms with Crippen LogP contribution in [0.1, 0.15) is 27.0 Å². The smallest absolute Gasteiger partial charge is 0.251 e. The van der Waals surface area contributed by atoms with Crippen LogP contribution < -0.4 is 5.32 Å². The number of nitrogens with zero attached hydrogens (tertiary/aromatic N) is 1. The predicted octanol–water partition coefficient (Wildman–Crippen LogP) is 6.29. The van der Waals surface area contributed by atoms with Crippen LogP contribution >= 0.6 is 0 Å². The average Bonchev–Trinajstić information content (AvgIpc) is 2.91. The molecule has 0 aliphatic heterocycles. The maximum absolute atomic E-state index is 12.9. The van der Waals surface area contributed by atoms with Gasteiger partial charge in [-0.1, -0.05) is 121 Å². The Kier molecular flexibility index (Phi) is 9.03. The summed E-state index contributed by atoms with van der Waals surface area (Å²) in [5.41, 5.74) is 4.44. The molecule has 4 aromatic rings. The van der Waals surface area contributed by atoms with Crippen LogP contribution in [0, 0.1) is 0 Å². The average molecular weight is 461 g/mol. The number of hydrogen-bond donors (Lipinski definition) is 1. The maximum Gasteiger partial charge on any atom is 0.251 e. The normalized spacial score (nSPS) is 12.0.